The molecule has 0 aromatic carbocycles. The van der Waals surface area contributed by atoms with Gasteiger partial charge in [0.15, 0.2) is 17.2 Å². The fraction of sp³-hybridized carbons (Fsp3) is 0.643. The van der Waals surface area contributed by atoms with Crippen molar-refractivity contribution in [3.05, 3.63) is 11.7 Å². The molecule has 0 aliphatic rings. The van der Waals surface area contributed by atoms with Gasteiger partial charge in [-0.05, 0) is 26.9 Å². The van der Waals surface area contributed by atoms with E-state index in [4.69, 9.17) is 4.42 Å². The molecule has 0 amide bonds. The fourth-order valence-electron chi connectivity index (χ4n) is 2.37. The van der Waals surface area contributed by atoms with Gasteiger partial charge in [-0.25, -0.2) is 9.97 Å². The topological polar surface area (TPSA) is 67.1 Å². The lowest BCUT2D eigenvalue weighted by atomic mass is 10.0. The van der Waals surface area contributed by atoms with Crippen molar-refractivity contribution in [2.75, 3.05) is 26.0 Å². The summed E-state index contributed by atoms with van der Waals surface area (Å²) in [7, 11) is 4.18. The van der Waals surface area contributed by atoms with E-state index in [0.717, 1.165) is 12.4 Å². The van der Waals surface area contributed by atoms with Crippen LogP contribution in [0, 0.1) is 19.8 Å². The number of rotatable bonds is 5. The molecule has 0 bridgehead atoms. The van der Waals surface area contributed by atoms with Crippen LogP contribution < -0.4 is 5.32 Å². The Bertz CT molecular complexity index is 583. The van der Waals surface area contributed by atoms with Crippen molar-refractivity contribution >= 4 is 17.0 Å². The van der Waals surface area contributed by atoms with Gasteiger partial charge >= 0.3 is 0 Å². The molecule has 2 heterocycles. The van der Waals surface area contributed by atoms with Gasteiger partial charge in [0.1, 0.15) is 5.82 Å². The minimum absolute atomic E-state index is 0.424. The van der Waals surface area contributed by atoms with Crippen LogP contribution in [0.2, 0.25) is 0 Å². The third-order valence-electron chi connectivity index (χ3n) is 3.39. The molecule has 0 saturated carbocycles. The summed E-state index contributed by atoms with van der Waals surface area (Å²) < 4.78 is 5.48. The predicted octanol–water partition coefficient (Wildman–Crippen LogP) is 2.23. The number of hydrogen-bond acceptors (Lipinski definition) is 6. The molecule has 110 valence electrons. The quantitative estimate of drug-likeness (QED) is 0.904. The monoisotopic (exact) mass is 277 g/mol. The Morgan fingerprint density at radius 2 is 1.85 bits per heavy atom. The van der Waals surface area contributed by atoms with E-state index in [1.807, 2.05) is 13.8 Å². The molecule has 0 aliphatic carbocycles. The lowest BCUT2D eigenvalue weighted by molar-refractivity contribution is 0.243. The van der Waals surface area contributed by atoms with E-state index in [1.54, 1.807) is 0 Å². The number of nitrogens with one attached hydrogen (secondary N) is 1. The highest BCUT2D eigenvalue weighted by Gasteiger charge is 2.18. The van der Waals surface area contributed by atoms with Crippen molar-refractivity contribution in [2.45, 2.75) is 33.7 Å². The van der Waals surface area contributed by atoms with Gasteiger partial charge in [0.25, 0.3) is 5.71 Å². The van der Waals surface area contributed by atoms with Crippen molar-refractivity contribution in [1.29, 1.82) is 0 Å². The number of anilines is 1. The second-order valence-corrected chi connectivity index (χ2v) is 5.66. The van der Waals surface area contributed by atoms with Crippen LogP contribution in [0.3, 0.4) is 0 Å². The van der Waals surface area contributed by atoms with Crippen LogP contribution in [0.25, 0.3) is 11.2 Å². The molecule has 6 nitrogen and oxygen atoms in total. The maximum Gasteiger partial charge on any atom is 0.252 e. The molecule has 0 saturated heterocycles. The van der Waals surface area contributed by atoms with Gasteiger partial charge in [0.05, 0.1) is 0 Å². The molecule has 1 N–H and O–H groups in total. The zero-order valence-electron chi connectivity index (χ0n) is 13.1. The molecule has 20 heavy (non-hydrogen) atoms. The Morgan fingerprint density at radius 1 is 1.15 bits per heavy atom. The van der Waals surface area contributed by atoms with Crippen molar-refractivity contribution in [1.82, 2.24) is 19.9 Å². The molecular formula is C14H23N5O. The first kappa shape index (κ1) is 14.7. The fourth-order valence-corrected chi connectivity index (χ4v) is 2.37. The first-order chi connectivity index (χ1) is 9.38. The standard InChI is InChI=1S/C14H23N5O/c1-8(2)11(19(5)6)7-15-13-12-14(17-9(3)16-13)20-10(4)18-12/h8,11H,7H2,1-6H3,(H,15,16,17)/t11-/m0/s1. The summed E-state index contributed by atoms with van der Waals surface area (Å²) in [5, 5.41) is 3.39. The molecule has 0 radical (unpaired) electrons. The number of likely N-dealkylation sites (N-methyl/N-ethyl adjacent to an activating group) is 1. The predicted molar refractivity (Wildman–Crippen MR) is 79.9 cm³/mol. The summed E-state index contributed by atoms with van der Waals surface area (Å²) in [6, 6.07) is 0.424. The number of fused-ring (bicyclic) bond motifs is 1. The van der Waals surface area contributed by atoms with E-state index in [1.165, 1.54) is 0 Å². The number of oxazole rings is 1. The molecule has 6 heteroatoms. The van der Waals surface area contributed by atoms with Crippen LogP contribution in [-0.4, -0.2) is 46.5 Å². The Morgan fingerprint density at radius 3 is 2.45 bits per heavy atom. The van der Waals surface area contributed by atoms with Crippen LogP contribution in [-0.2, 0) is 0 Å². The van der Waals surface area contributed by atoms with Crippen molar-refractivity contribution in [2.24, 2.45) is 5.92 Å². The molecule has 2 rings (SSSR count). The van der Waals surface area contributed by atoms with E-state index in [-0.39, 0.29) is 0 Å². The normalized spacial score (nSPS) is 13.4. The number of aryl methyl sites for hydroxylation is 2. The van der Waals surface area contributed by atoms with Crippen LogP contribution in [0.1, 0.15) is 25.6 Å². The highest BCUT2D eigenvalue weighted by molar-refractivity contribution is 5.81. The van der Waals surface area contributed by atoms with Gasteiger partial charge in [-0.2, -0.15) is 4.98 Å². The molecular weight excluding hydrogens is 254 g/mol. The average molecular weight is 277 g/mol. The molecule has 2 aromatic heterocycles. The van der Waals surface area contributed by atoms with E-state index >= 15 is 0 Å². The van der Waals surface area contributed by atoms with E-state index in [2.05, 4.69) is 53.1 Å². The van der Waals surface area contributed by atoms with Gasteiger partial charge in [-0.15, -0.1) is 0 Å². The smallest absolute Gasteiger partial charge is 0.252 e. The highest BCUT2D eigenvalue weighted by Crippen LogP contribution is 2.21. The summed E-state index contributed by atoms with van der Waals surface area (Å²) in [5.41, 5.74) is 1.25. The lowest BCUT2D eigenvalue weighted by Gasteiger charge is -2.28. The maximum absolute atomic E-state index is 5.48. The molecule has 0 unspecified atom stereocenters. The first-order valence-electron chi connectivity index (χ1n) is 6.90. The second-order valence-electron chi connectivity index (χ2n) is 5.66. The maximum atomic E-state index is 5.48. The van der Waals surface area contributed by atoms with Gasteiger partial charge in [0.2, 0.25) is 0 Å². The number of hydrogen-bond donors (Lipinski definition) is 1. The molecule has 0 spiro atoms. The van der Waals surface area contributed by atoms with Gasteiger partial charge in [-0.1, -0.05) is 13.8 Å². The summed E-state index contributed by atoms with van der Waals surface area (Å²) in [4.78, 5) is 15.3. The van der Waals surface area contributed by atoms with E-state index < -0.39 is 0 Å². The number of nitrogens with zero attached hydrogens (tertiary/aromatic N) is 4. The summed E-state index contributed by atoms with van der Waals surface area (Å²) in [6.45, 7) is 8.91. The van der Waals surface area contributed by atoms with Crippen LogP contribution >= 0.6 is 0 Å². The minimum Gasteiger partial charge on any atom is -0.422 e. The third-order valence-corrected chi connectivity index (χ3v) is 3.39. The zero-order valence-corrected chi connectivity index (χ0v) is 13.1. The highest BCUT2D eigenvalue weighted by atomic mass is 16.4. The van der Waals surface area contributed by atoms with Crippen LogP contribution in [0.15, 0.2) is 4.42 Å². The third kappa shape index (κ3) is 3.07. The van der Waals surface area contributed by atoms with Gasteiger partial charge < -0.3 is 14.6 Å². The van der Waals surface area contributed by atoms with Gasteiger partial charge in [0, 0.05) is 19.5 Å². The molecule has 0 fully saturated rings. The van der Waals surface area contributed by atoms with Crippen LogP contribution in [0.4, 0.5) is 5.82 Å². The minimum atomic E-state index is 0.424. The molecule has 1 atom stereocenters. The lowest BCUT2D eigenvalue weighted by Crippen LogP contribution is -2.38. The Balaban J connectivity index is 2.25. The van der Waals surface area contributed by atoms with E-state index in [0.29, 0.717) is 34.9 Å². The SMILES string of the molecule is Cc1nc(NC[C@@H](C(C)C)N(C)C)c2nc(C)oc2n1. The summed E-state index contributed by atoms with van der Waals surface area (Å²) in [5.74, 6) is 2.59. The largest absolute Gasteiger partial charge is 0.422 e. The first-order valence-corrected chi connectivity index (χ1v) is 6.90. The number of aromatic nitrogens is 3. The van der Waals surface area contributed by atoms with E-state index in [9.17, 15) is 0 Å². The van der Waals surface area contributed by atoms with Crippen LogP contribution in [0.5, 0.6) is 0 Å². The second kappa shape index (κ2) is 5.75. The summed E-state index contributed by atoms with van der Waals surface area (Å²) in [6.07, 6.45) is 0. The summed E-state index contributed by atoms with van der Waals surface area (Å²) >= 11 is 0. The van der Waals surface area contributed by atoms with Crippen molar-refractivity contribution in [3.8, 4) is 0 Å². The zero-order chi connectivity index (χ0) is 14.9. The van der Waals surface area contributed by atoms with Crippen molar-refractivity contribution < 1.29 is 4.42 Å². The van der Waals surface area contributed by atoms with Gasteiger partial charge in [-0.3, -0.25) is 0 Å². The molecule has 0 aliphatic heterocycles. The average Bonchev–Trinajstić information content (AvgIpc) is 2.68. The molecule has 2 aromatic rings. The van der Waals surface area contributed by atoms with Crippen molar-refractivity contribution in [3.63, 3.8) is 0 Å². The Hall–Kier alpha value is -1.69. The Labute approximate surface area is 119 Å². The Kier molecular flexibility index (Phi) is 4.23.